The summed E-state index contributed by atoms with van der Waals surface area (Å²) in [6.45, 7) is 5.78. The minimum Gasteiger partial charge on any atom is -0.391 e. The van der Waals surface area contributed by atoms with Crippen molar-refractivity contribution in [2.24, 2.45) is 0 Å². The van der Waals surface area contributed by atoms with E-state index in [-0.39, 0.29) is 12.7 Å². The summed E-state index contributed by atoms with van der Waals surface area (Å²) in [6.07, 6.45) is 0.992. The second kappa shape index (κ2) is 7.24. The first-order valence-corrected chi connectivity index (χ1v) is 3.87. The van der Waals surface area contributed by atoms with E-state index in [1.54, 1.807) is 13.0 Å². The molecule has 0 aliphatic rings. The third-order valence-corrected chi connectivity index (χ3v) is 1.33. The van der Waals surface area contributed by atoms with Crippen LogP contribution in [0.25, 0.3) is 0 Å². The maximum Gasteiger partial charge on any atom is 0.0924 e. The quantitative estimate of drug-likeness (QED) is 0.261. The molecule has 0 aliphatic heterocycles. The van der Waals surface area contributed by atoms with Crippen LogP contribution in [0, 0.1) is 0 Å². The molecule has 0 bridgehead atoms. The lowest BCUT2D eigenvalue weighted by atomic mass is 10.2. The minimum absolute atomic E-state index is 0.236. The van der Waals surface area contributed by atoms with Crippen molar-refractivity contribution in [3.8, 4) is 0 Å². The average Bonchev–Trinajstić information content (AvgIpc) is 2.05. The highest BCUT2D eigenvalue weighted by Gasteiger charge is 2.10. The highest BCUT2D eigenvalue weighted by Crippen LogP contribution is 2.01. The Morgan fingerprint density at radius 2 is 2.25 bits per heavy atom. The van der Waals surface area contributed by atoms with Gasteiger partial charge in [-0.15, -0.1) is 6.58 Å². The molecule has 0 aromatic carbocycles. The predicted octanol–water partition coefficient (Wildman–Crippen LogP) is 0.818. The zero-order valence-corrected chi connectivity index (χ0v) is 7.27. The van der Waals surface area contributed by atoms with Crippen molar-refractivity contribution in [1.82, 2.24) is 0 Å². The molecule has 2 unspecified atom stereocenters. The Morgan fingerprint density at radius 1 is 1.58 bits per heavy atom. The Bertz CT molecular complexity index is 116. The summed E-state index contributed by atoms with van der Waals surface area (Å²) in [5.41, 5.74) is 0. The Balaban J connectivity index is 3.32. The van der Waals surface area contributed by atoms with E-state index in [1.165, 1.54) is 0 Å². The van der Waals surface area contributed by atoms with Crippen LogP contribution in [0.2, 0.25) is 0 Å². The first-order chi connectivity index (χ1) is 5.70. The molecular weight excluding hydrogens is 160 g/mol. The highest BCUT2D eigenvalue weighted by atomic mass is 17.1. The molecule has 12 heavy (non-hydrogen) atoms. The Hall–Kier alpha value is -0.420. The average molecular weight is 176 g/mol. The molecule has 2 N–H and O–H groups in total. The molecule has 4 heteroatoms. The SMILES string of the molecule is C=CCOCC(O)CC(C)OO. The standard InChI is InChI=1S/C8H16O4/c1-3-4-11-6-8(9)5-7(2)12-10/h3,7-10H,1,4-6H2,2H3. The summed E-state index contributed by atoms with van der Waals surface area (Å²) in [4.78, 5) is 3.99. The second-order valence-corrected chi connectivity index (χ2v) is 2.63. The van der Waals surface area contributed by atoms with E-state index in [2.05, 4.69) is 11.5 Å². The van der Waals surface area contributed by atoms with E-state index in [0.717, 1.165) is 0 Å². The molecule has 0 heterocycles. The number of hydrogen-bond donors (Lipinski definition) is 2. The summed E-state index contributed by atoms with van der Waals surface area (Å²) >= 11 is 0. The molecule has 0 aromatic rings. The van der Waals surface area contributed by atoms with Gasteiger partial charge in [-0.3, -0.25) is 5.26 Å². The van der Waals surface area contributed by atoms with E-state index in [0.29, 0.717) is 13.0 Å². The molecule has 0 rings (SSSR count). The maximum absolute atomic E-state index is 9.23. The lowest BCUT2D eigenvalue weighted by Crippen LogP contribution is -2.22. The molecule has 0 amide bonds. The fourth-order valence-corrected chi connectivity index (χ4v) is 0.782. The molecule has 0 saturated carbocycles. The lowest BCUT2D eigenvalue weighted by Gasteiger charge is -2.13. The number of aliphatic hydroxyl groups is 1. The molecule has 0 saturated heterocycles. The van der Waals surface area contributed by atoms with Crippen LogP contribution in [0.4, 0.5) is 0 Å². The zero-order valence-electron chi connectivity index (χ0n) is 7.27. The van der Waals surface area contributed by atoms with Gasteiger partial charge in [0.2, 0.25) is 0 Å². The lowest BCUT2D eigenvalue weighted by molar-refractivity contribution is -0.278. The number of ether oxygens (including phenoxy) is 1. The first kappa shape index (κ1) is 11.6. The van der Waals surface area contributed by atoms with Crippen molar-refractivity contribution >= 4 is 0 Å². The second-order valence-electron chi connectivity index (χ2n) is 2.63. The van der Waals surface area contributed by atoms with E-state index in [1.807, 2.05) is 0 Å². The maximum atomic E-state index is 9.23. The topological polar surface area (TPSA) is 58.9 Å². The van der Waals surface area contributed by atoms with Crippen molar-refractivity contribution in [1.29, 1.82) is 0 Å². The van der Waals surface area contributed by atoms with Gasteiger partial charge in [0.25, 0.3) is 0 Å². The Labute approximate surface area is 72.3 Å². The van der Waals surface area contributed by atoms with Crippen molar-refractivity contribution < 1.29 is 20.0 Å². The Morgan fingerprint density at radius 3 is 2.75 bits per heavy atom. The number of hydrogen-bond acceptors (Lipinski definition) is 4. The largest absolute Gasteiger partial charge is 0.391 e. The zero-order chi connectivity index (χ0) is 9.40. The fraction of sp³-hybridized carbons (Fsp3) is 0.750. The molecule has 2 atom stereocenters. The molecule has 0 aliphatic carbocycles. The molecule has 0 spiro atoms. The molecule has 0 fully saturated rings. The van der Waals surface area contributed by atoms with Crippen molar-refractivity contribution in [3.05, 3.63) is 12.7 Å². The van der Waals surface area contributed by atoms with Gasteiger partial charge in [-0.05, 0) is 6.92 Å². The summed E-state index contributed by atoms with van der Waals surface area (Å²) < 4.78 is 4.98. The molecule has 0 radical (unpaired) electrons. The van der Waals surface area contributed by atoms with Gasteiger partial charge in [0.15, 0.2) is 0 Å². The van der Waals surface area contributed by atoms with Crippen molar-refractivity contribution in [2.45, 2.75) is 25.6 Å². The number of rotatable bonds is 7. The van der Waals surface area contributed by atoms with E-state index < -0.39 is 6.10 Å². The highest BCUT2D eigenvalue weighted by molar-refractivity contribution is 4.65. The third kappa shape index (κ3) is 6.30. The Kier molecular flexibility index (Phi) is 6.99. The van der Waals surface area contributed by atoms with E-state index in [4.69, 9.17) is 9.99 Å². The van der Waals surface area contributed by atoms with Crippen LogP contribution < -0.4 is 0 Å². The van der Waals surface area contributed by atoms with Crippen LogP contribution in [0.5, 0.6) is 0 Å². The van der Waals surface area contributed by atoms with Crippen molar-refractivity contribution in [3.63, 3.8) is 0 Å². The van der Waals surface area contributed by atoms with Gasteiger partial charge in [-0.1, -0.05) is 6.08 Å². The molecule has 0 aromatic heterocycles. The van der Waals surface area contributed by atoms with Gasteiger partial charge in [0.05, 0.1) is 25.4 Å². The van der Waals surface area contributed by atoms with Gasteiger partial charge in [0.1, 0.15) is 0 Å². The molecular formula is C8H16O4. The van der Waals surface area contributed by atoms with E-state index >= 15 is 0 Å². The summed E-state index contributed by atoms with van der Waals surface area (Å²) in [6, 6.07) is 0. The van der Waals surface area contributed by atoms with Gasteiger partial charge in [-0.2, -0.15) is 0 Å². The first-order valence-electron chi connectivity index (χ1n) is 3.87. The third-order valence-electron chi connectivity index (χ3n) is 1.33. The van der Waals surface area contributed by atoms with Crippen molar-refractivity contribution in [2.75, 3.05) is 13.2 Å². The monoisotopic (exact) mass is 176 g/mol. The summed E-state index contributed by atoms with van der Waals surface area (Å²) in [7, 11) is 0. The van der Waals surface area contributed by atoms with Gasteiger partial charge >= 0.3 is 0 Å². The van der Waals surface area contributed by atoms with E-state index in [9.17, 15) is 5.11 Å². The van der Waals surface area contributed by atoms with Gasteiger partial charge in [-0.25, -0.2) is 4.89 Å². The molecule has 72 valence electrons. The number of aliphatic hydroxyl groups excluding tert-OH is 1. The van der Waals surface area contributed by atoms with Gasteiger partial charge < -0.3 is 9.84 Å². The van der Waals surface area contributed by atoms with Gasteiger partial charge in [0, 0.05) is 6.42 Å². The predicted molar refractivity (Wildman–Crippen MR) is 44.8 cm³/mol. The van der Waals surface area contributed by atoms with Crippen LogP contribution in [0.3, 0.4) is 0 Å². The fourth-order valence-electron chi connectivity index (χ4n) is 0.782. The normalized spacial score (nSPS) is 15.6. The summed E-state index contributed by atoms with van der Waals surface area (Å²) in [5, 5.41) is 17.4. The van der Waals surface area contributed by atoms with Crippen LogP contribution in [0.1, 0.15) is 13.3 Å². The minimum atomic E-state index is -0.605. The van der Waals surface area contributed by atoms with Crippen LogP contribution in [0.15, 0.2) is 12.7 Å². The van der Waals surface area contributed by atoms with Crippen LogP contribution in [-0.4, -0.2) is 35.8 Å². The smallest absolute Gasteiger partial charge is 0.0924 e. The molecule has 4 nitrogen and oxygen atoms in total. The van der Waals surface area contributed by atoms with Crippen LogP contribution >= 0.6 is 0 Å². The summed E-state index contributed by atoms with van der Waals surface area (Å²) in [5.74, 6) is 0. The van der Waals surface area contributed by atoms with Crippen LogP contribution in [-0.2, 0) is 9.62 Å².